The van der Waals surface area contributed by atoms with Gasteiger partial charge < -0.3 is 0 Å². The summed E-state index contributed by atoms with van der Waals surface area (Å²) in [4.78, 5) is 55.4. The van der Waals surface area contributed by atoms with Crippen molar-refractivity contribution in [3.63, 3.8) is 0 Å². The number of ketones is 4. The lowest BCUT2D eigenvalue weighted by atomic mass is 10.2. The van der Waals surface area contributed by atoms with Gasteiger partial charge in [-0.05, 0) is 0 Å². The first-order chi connectivity index (χ1) is 12.4. The molecule has 2 atom stereocenters. The second-order valence-corrected chi connectivity index (χ2v) is 7.11. The zero-order chi connectivity index (χ0) is 19.1. The van der Waals surface area contributed by atoms with Crippen LogP contribution in [0.5, 0.6) is 0 Å². The quantitative estimate of drug-likeness (QED) is 0.603. The Labute approximate surface area is 155 Å². The highest BCUT2D eigenvalue weighted by atomic mass is 16.1. The molecular weight excluding hydrogens is 336 g/mol. The maximum atomic E-state index is 12.5. The van der Waals surface area contributed by atoms with Crippen molar-refractivity contribution in [1.82, 2.24) is 19.6 Å². The molecule has 144 valence electrons. The highest BCUT2D eigenvalue weighted by Crippen LogP contribution is 2.04. The summed E-state index contributed by atoms with van der Waals surface area (Å²) in [5, 5.41) is 0. The van der Waals surface area contributed by atoms with Crippen LogP contribution in [0.2, 0.25) is 0 Å². The molecule has 8 nitrogen and oxygen atoms in total. The van der Waals surface area contributed by atoms with Crippen LogP contribution >= 0.6 is 0 Å². The third-order valence-corrected chi connectivity index (χ3v) is 4.61. The van der Waals surface area contributed by atoms with E-state index < -0.39 is 0 Å². The Bertz CT molecular complexity index is 551. The van der Waals surface area contributed by atoms with Crippen molar-refractivity contribution >= 4 is 23.1 Å². The van der Waals surface area contributed by atoms with Gasteiger partial charge in [-0.3, -0.25) is 38.8 Å². The number of fused-ring (bicyclic) bond motifs is 3. The minimum absolute atomic E-state index is 0.000549. The zero-order valence-electron chi connectivity index (χ0n) is 15.5. The van der Waals surface area contributed by atoms with Crippen molar-refractivity contribution < 1.29 is 19.2 Å². The first-order valence-electron chi connectivity index (χ1n) is 9.09. The molecule has 0 aromatic rings. The largest absolute Gasteiger partial charge is 0.298 e. The molecule has 0 aromatic heterocycles. The lowest BCUT2D eigenvalue weighted by Gasteiger charge is -2.26. The fourth-order valence-corrected chi connectivity index (χ4v) is 3.26. The first-order valence-corrected chi connectivity index (χ1v) is 9.09. The highest BCUT2D eigenvalue weighted by Gasteiger charge is 2.25. The van der Waals surface area contributed by atoms with Crippen molar-refractivity contribution in [1.29, 1.82) is 0 Å². The van der Waals surface area contributed by atoms with E-state index in [4.69, 9.17) is 7.05 Å². The molecule has 0 aromatic carbocycles. The maximum Gasteiger partial charge on any atom is 0.160 e. The number of carbonyl (C=O) groups excluding carboxylic acids is 4. The van der Waals surface area contributed by atoms with Crippen LogP contribution in [0.15, 0.2) is 0 Å². The highest BCUT2D eigenvalue weighted by molar-refractivity contribution is 5.87. The Kier molecular flexibility index (Phi) is 8.02. The van der Waals surface area contributed by atoms with E-state index in [1.807, 2.05) is 9.80 Å². The smallest absolute Gasteiger partial charge is 0.160 e. The molecule has 0 N–H and O–H groups in total. The molecular formula is C18H28N4O4. The van der Waals surface area contributed by atoms with Crippen molar-refractivity contribution in [2.75, 3.05) is 72.0 Å². The summed E-state index contributed by atoms with van der Waals surface area (Å²) in [5.74, 6) is -0.00956. The second-order valence-electron chi connectivity index (χ2n) is 7.11. The lowest BCUT2D eigenvalue weighted by Crippen LogP contribution is -2.44. The van der Waals surface area contributed by atoms with Gasteiger partial charge in [0.05, 0.1) is 45.8 Å². The Balaban J connectivity index is 2.11. The van der Waals surface area contributed by atoms with E-state index in [1.165, 1.54) is 4.90 Å². The summed E-state index contributed by atoms with van der Waals surface area (Å²) in [5.41, 5.74) is 0. The van der Waals surface area contributed by atoms with E-state index in [9.17, 15) is 19.2 Å². The first kappa shape index (κ1) is 20.8. The van der Waals surface area contributed by atoms with E-state index in [-0.39, 0.29) is 68.9 Å². The molecule has 2 radical (unpaired) electrons. The molecule has 2 unspecified atom stereocenters. The van der Waals surface area contributed by atoms with E-state index in [0.717, 1.165) is 0 Å². The lowest BCUT2D eigenvalue weighted by molar-refractivity contribution is -0.124. The van der Waals surface area contributed by atoms with Gasteiger partial charge in [-0.25, -0.2) is 0 Å². The van der Waals surface area contributed by atoms with E-state index in [0.29, 0.717) is 32.6 Å². The Hall–Kier alpha value is -1.48. The van der Waals surface area contributed by atoms with Gasteiger partial charge in [0.25, 0.3) is 0 Å². The topological polar surface area (TPSA) is 81.2 Å². The predicted octanol–water partition coefficient (Wildman–Crippen LogP) is -1.42. The third kappa shape index (κ3) is 7.03. The van der Waals surface area contributed by atoms with Gasteiger partial charge in [0, 0.05) is 39.6 Å². The van der Waals surface area contributed by atoms with Crippen LogP contribution in [0.3, 0.4) is 0 Å². The number of nitrogens with zero attached hydrogens (tertiary/aromatic N) is 4. The van der Waals surface area contributed by atoms with Crippen LogP contribution < -0.4 is 0 Å². The monoisotopic (exact) mass is 364 g/mol. The molecule has 2 fully saturated rings. The van der Waals surface area contributed by atoms with Crippen LogP contribution in [-0.2, 0) is 19.2 Å². The van der Waals surface area contributed by atoms with Crippen molar-refractivity contribution in [3.05, 3.63) is 7.05 Å². The summed E-state index contributed by atoms with van der Waals surface area (Å²) in [6, 6.07) is 0. The average molecular weight is 364 g/mol. The second kappa shape index (κ2) is 10.0. The van der Waals surface area contributed by atoms with Crippen LogP contribution in [0, 0.1) is 7.05 Å². The van der Waals surface area contributed by atoms with Gasteiger partial charge in [0.1, 0.15) is 5.78 Å². The Morgan fingerprint density at radius 1 is 0.808 bits per heavy atom. The van der Waals surface area contributed by atoms with Crippen LogP contribution in [-0.4, -0.2) is 115 Å². The number of hydrogen-bond acceptors (Lipinski definition) is 8. The Morgan fingerprint density at radius 3 is 1.85 bits per heavy atom. The molecule has 2 bridgehead atoms. The molecule has 2 heterocycles. The van der Waals surface area contributed by atoms with E-state index in [2.05, 4.69) is 0 Å². The molecule has 0 amide bonds. The van der Waals surface area contributed by atoms with Crippen LogP contribution in [0.25, 0.3) is 0 Å². The number of Topliss-reactive ketones (excluding diaryl/α,β-unsaturated/α-hetero) is 4. The molecule has 8 heteroatoms. The zero-order valence-corrected chi connectivity index (χ0v) is 15.5. The molecule has 2 aliphatic heterocycles. The molecule has 0 aliphatic carbocycles. The van der Waals surface area contributed by atoms with Gasteiger partial charge in [-0.15, -0.1) is 0 Å². The van der Waals surface area contributed by atoms with Crippen molar-refractivity contribution in [3.8, 4) is 0 Å². The summed E-state index contributed by atoms with van der Waals surface area (Å²) >= 11 is 0. The average Bonchev–Trinajstić information content (AvgIpc) is 2.72. The number of hydrogen-bond donors (Lipinski definition) is 0. The van der Waals surface area contributed by atoms with E-state index >= 15 is 0 Å². The van der Waals surface area contributed by atoms with E-state index in [1.54, 1.807) is 11.8 Å². The molecule has 0 spiro atoms. The molecule has 0 saturated carbocycles. The fourth-order valence-electron chi connectivity index (χ4n) is 3.26. The van der Waals surface area contributed by atoms with Crippen molar-refractivity contribution in [2.24, 2.45) is 0 Å². The molecule has 26 heavy (non-hydrogen) atoms. The summed E-state index contributed by atoms with van der Waals surface area (Å²) in [6.07, 6.45) is 0.409. The summed E-state index contributed by atoms with van der Waals surface area (Å²) in [6.45, 7) is 4.94. The third-order valence-electron chi connectivity index (χ3n) is 4.61. The van der Waals surface area contributed by atoms with Crippen molar-refractivity contribution in [2.45, 2.75) is 13.3 Å². The van der Waals surface area contributed by atoms with Gasteiger partial charge >= 0.3 is 0 Å². The SMILES string of the molecule is [CH]N1CCN(CC(=O)CC)CC(=O)CN2CCN(CC(=O)C1)CC(=O)C2. The number of carbonyl (C=O) groups is 4. The molecule has 2 aliphatic rings. The van der Waals surface area contributed by atoms with Crippen LogP contribution in [0.1, 0.15) is 13.3 Å². The summed E-state index contributed by atoms with van der Waals surface area (Å²) < 4.78 is 0. The van der Waals surface area contributed by atoms with Gasteiger partial charge in [-0.1, -0.05) is 6.92 Å². The molecule has 2 saturated heterocycles. The number of rotatable bonds is 3. The van der Waals surface area contributed by atoms with Gasteiger partial charge in [-0.2, -0.15) is 0 Å². The van der Waals surface area contributed by atoms with Gasteiger partial charge in [0.2, 0.25) is 0 Å². The summed E-state index contributed by atoms with van der Waals surface area (Å²) in [7, 11) is 5.91. The normalized spacial score (nSPS) is 28.0. The minimum Gasteiger partial charge on any atom is -0.298 e. The Morgan fingerprint density at radius 2 is 1.31 bits per heavy atom. The van der Waals surface area contributed by atoms with Gasteiger partial charge in [0.15, 0.2) is 17.3 Å². The fraction of sp³-hybridized carbons (Fsp3) is 0.722. The predicted molar refractivity (Wildman–Crippen MR) is 95.5 cm³/mol. The van der Waals surface area contributed by atoms with Crippen LogP contribution in [0.4, 0.5) is 0 Å². The minimum atomic E-state index is -0.0435. The standard InChI is InChI=1S/C18H28N4O4/c1-3-15(23)9-20-5-4-19(2)8-16(24)10-21-6-7-22(13-17(25)11-20)14-18(26)12-21/h2H,3-14H2,1H3. The maximum absolute atomic E-state index is 12.5. The molecule has 2 rings (SSSR count).